The fourth-order valence-electron chi connectivity index (χ4n) is 8.74. The molecule has 4 fully saturated rings. The van der Waals surface area contributed by atoms with Gasteiger partial charge < -0.3 is 14.2 Å². The Morgan fingerprint density at radius 2 is 1.89 bits per heavy atom. The summed E-state index contributed by atoms with van der Waals surface area (Å²) in [5.74, 6) is -1.07. The van der Waals surface area contributed by atoms with Gasteiger partial charge in [0.15, 0.2) is 18.0 Å². The van der Waals surface area contributed by atoms with Crippen molar-refractivity contribution in [3.05, 3.63) is 23.8 Å². The molecule has 0 radical (unpaired) electrons. The van der Waals surface area contributed by atoms with Crippen molar-refractivity contribution < 1.29 is 33.4 Å². The maximum Gasteiger partial charge on any atom is 0.306 e. The number of ketones is 2. The summed E-state index contributed by atoms with van der Waals surface area (Å²) in [6.45, 7) is 9.59. The Bertz CT molecular complexity index is 1090. The summed E-state index contributed by atoms with van der Waals surface area (Å²) in [5.41, 5.74) is -1.65. The van der Waals surface area contributed by atoms with Crippen LogP contribution in [-0.2, 0) is 33.4 Å². The number of unbranched alkanes of at least 4 members (excludes halogenated alkanes) is 1. The number of esters is 2. The molecule has 0 aromatic rings. The third kappa shape index (κ3) is 3.48. The minimum atomic E-state index is -1.37. The van der Waals surface area contributed by atoms with Gasteiger partial charge >= 0.3 is 11.9 Å². The summed E-state index contributed by atoms with van der Waals surface area (Å²) in [7, 11) is 0. The highest BCUT2D eigenvalue weighted by Gasteiger charge is 2.83. The number of fused-ring (bicyclic) bond motifs is 3. The highest BCUT2D eigenvalue weighted by molar-refractivity contribution is 6.01. The van der Waals surface area contributed by atoms with Crippen LogP contribution in [0.1, 0.15) is 86.0 Å². The molecule has 37 heavy (non-hydrogen) atoms. The van der Waals surface area contributed by atoms with Crippen LogP contribution in [0.2, 0.25) is 0 Å². The molecule has 0 amide bonds. The van der Waals surface area contributed by atoms with Gasteiger partial charge in [-0.2, -0.15) is 0 Å². The molecule has 202 valence electrons. The number of ether oxygens (including phenoxy) is 3. The van der Waals surface area contributed by atoms with Crippen LogP contribution in [0.15, 0.2) is 23.8 Å². The molecule has 0 aromatic heterocycles. The molecule has 0 aromatic carbocycles. The monoisotopic (exact) mass is 512 g/mol. The molecule has 1 heterocycles. The molecule has 5 rings (SSSR count). The SMILES string of the molecule is CCCCC(=O)O[C@@]1(C(=O)COC(=O)CC)[C@H](C)C[C@H]2[C@@H]3CCC4=CC(=O)C=C[C@]4(C)[C@@]34O[C@H]4C[C@@]21C. The molecule has 5 aliphatic rings. The van der Waals surface area contributed by atoms with Gasteiger partial charge in [-0.05, 0) is 63.0 Å². The average molecular weight is 513 g/mol. The van der Waals surface area contributed by atoms with Crippen LogP contribution in [0.5, 0.6) is 0 Å². The molecule has 1 saturated heterocycles. The van der Waals surface area contributed by atoms with E-state index in [0.717, 1.165) is 31.3 Å². The lowest BCUT2D eigenvalue weighted by molar-refractivity contribution is -0.195. The van der Waals surface area contributed by atoms with Gasteiger partial charge in [-0.3, -0.25) is 19.2 Å². The Kier molecular flexibility index (Phi) is 6.33. The Hall–Kier alpha value is -2.28. The van der Waals surface area contributed by atoms with Gasteiger partial charge in [0, 0.05) is 29.6 Å². The van der Waals surface area contributed by atoms with Gasteiger partial charge in [-0.1, -0.05) is 45.8 Å². The molecule has 4 aliphatic carbocycles. The maximum atomic E-state index is 14.0. The molecular weight excluding hydrogens is 472 g/mol. The van der Waals surface area contributed by atoms with Crippen molar-refractivity contribution in [3.8, 4) is 0 Å². The second-order valence-corrected chi connectivity index (χ2v) is 12.3. The van der Waals surface area contributed by atoms with Crippen molar-refractivity contribution in [1.82, 2.24) is 0 Å². The minimum Gasteiger partial charge on any atom is -0.457 e. The van der Waals surface area contributed by atoms with E-state index >= 15 is 0 Å². The normalized spacial score (nSPS) is 43.1. The highest BCUT2D eigenvalue weighted by atomic mass is 16.6. The summed E-state index contributed by atoms with van der Waals surface area (Å²) < 4.78 is 18.2. The van der Waals surface area contributed by atoms with Crippen molar-refractivity contribution >= 4 is 23.5 Å². The number of epoxide rings is 1. The molecule has 0 bridgehead atoms. The molecule has 1 aliphatic heterocycles. The lowest BCUT2D eigenvalue weighted by Crippen LogP contribution is -2.63. The first kappa shape index (κ1) is 26.3. The first-order chi connectivity index (χ1) is 17.5. The van der Waals surface area contributed by atoms with Crippen molar-refractivity contribution in [2.75, 3.05) is 6.61 Å². The quantitative estimate of drug-likeness (QED) is 0.344. The van der Waals surface area contributed by atoms with Crippen LogP contribution in [-0.4, -0.2) is 47.4 Å². The Morgan fingerprint density at radius 3 is 2.59 bits per heavy atom. The maximum absolute atomic E-state index is 14.0. The minimum absolute atomic E-state index is 0.0277. The predicted molar refractivity (Wildman–Crippen MR) is 135 cm³/mol. The zero-order valence-electron chi connectivity index (χ0n) is 22.8. The molecule has 0 N–H and O–H groups in total. The second kappa shape index (κ2) is 8.89. The zero-order valence-corrected chi connectivity index (χ0v) is 22.8. The van der Waals surface area contributed by atoms with Crippen LogP contribution < -0.4 is 0 Å². The molecular formula is C30H40O7. The van der Waals surface area contributed by atoms with Crippen LogP contribution in [0.4, 0.5) is 0 Å². The number of hydrogen-bond donors (Lipinski definition) is 0. The molecule has 8 atom stereocenters. The summed E-state index contributed by atoms with van der Waals surface area (Å²) in [6, 6.07) is 0. The van der Waals surface area contributed by atoms with E-state index in [-0.39, 0.29) is 59.7 Å². The number of rotatable bonds is 8. The van der Waals surface area contributed by atoms with E-state index in [0.29, 0.717) is 12.8 Å². The molecule has 1 spiro atoms. The van der Waals surface area contributed by atoms with Crippen molar-refractivity contribution in [2.45, 2.75) is 103 Å². The third-order valence-electron chi connectivity index (χ3n) is 10.5. The topological polar surface area (TPSA) is 99.3 Å². The number of allylic oxidation sites excluding steroid dienone is 2. The fourth-order valence-corrected chi connectivity index (χ4v) is 8.74. The number of carbonyl (C=O) groups excluding carboxylic acids is 4. The number of Topliss-reactive ketones (excluding diaryl/α,β-unsaturated/α-hetero) is 1. The number of carbonyl (C=O) groups is 4. The van der Waals surface area contributed by atoms with Gasteiger partial charge in [0.1, 0.15) is 5.60 Å². The summed E-state index contributed by atoms with van der Waals surface area (Å²) in [4.78, 5) is 51.2. The van der Waals surface area contributed by atoms with Crippen LogP contribution in [0.3, 0.4) is 0 Å². The van der Waals surface area contributed by atoms with E-state index in [4.69, 9.17) is 14.2 Å². The lowest BCUT2D eigenvalue weighted by atomic mass is 9.46. The fraction of sp³-hybridized carbons (Fsp3) is 0.733. The smallest absolute Gasteiger partial charge is 0.306 e. The van der Waals surface area contributed by atoms with Gasteiger partial charge in [-0.15, -0.1) is 0 Å². The Morgan fingerprint density at radius 1 is 1.14 bits per heavy atom. The van der Waals surface area contributed by atoms with E-state index in [2.05, 4.69) is 13.8 Å². The highest BCUT2D eigenvalue weighted by Crippen LogP contribution is 2.77. The number of hydrogen-bond acceptors (Lipinski definition) is 7. The van der Waals surface area contributed by atoms with Crippen LogP contribution >= 0.6 is 0 Å². The van der Waals surface area contributed by atoms with Crippen LogP contribution in [0, 0.1) is 28.6 Å². The van der Waals surface area contributed by atoms with Gasteiger partial charge in [0.05, 0.1) is 6.10 Å². The molecule has 7 nitrogen and oxygen atoms in total. The van der Waals surface area contributed by atoms with Crippen molar-refractivity contribution in [2.24, 2.45) is 28.6 Å². The van der Waals surface area contributed by atoms with E-state index in [1.165, 1.54) is 0 Å². The second-order valence-electron chi connectivity index (χ2n) is 12.3. The standard InChI is InChI=1S/C30H40O7/c1-6-8-9-26(34)37-29(23(32)17-35-25(33)7-2)18(3)14-22-21-11-10-19-15-20(31)12-13-27(19,4)30(21)24(36-30)16-28(22,29)5/h12-13,15,18,21-22,24H,6-11,14,16-17H2,1-5H3/t18-,21+,22+,24+,27+,28+,29-,30-/m1/s1. The zero-order chi connectivity index (χ0) is 26.8. The van der Waals surface area contributed by atoms with E-state index < -0.39 is 29.2 Å². The van der Waals surface area contributed by atoms with E-state index in [9.17, 15) is 19.2 Å². The third-order valence-corrected chi connectivity index (χ3v) is 10.5. The lowest BCUT2D eigenvalue weighted by Gasteiger charge is -2.56. The largest absolute Gasteiger partial charge is 0.457 e. The van der Waals surface area contributed by atoms with Gasteiger partial charge in [0.25, 0.3) is 0 Å². The first-order valence-corrected chi connectivity index (χ1v) is 14.0. The molecule has 7 heteroatoms. The van der Waals surface area contributed by atoms with E-state index in [1.807, 2.05) is 19.9 Å². The van der Waals surface area contributed by atoms with Gasteiger partial charge in [-0.25, -0.2) is 0 Å². The summed E-state index contributed by atoms with van der Waals surface area (Å²) in [6.07, 6.45) is 10.3. The summed E-state index contributed by atoms with van der Waals surface area (Å²) >= 11 is 0. The first-order valence-electron chi connectivity index (χ1n) is 14.0. The summed E-state index contributed by atoms with van der Waals surface area (Å²) in [5, 5.41) is 0. The van der Waals surface area contributed by atoms with Gasteiger partial charge in [0.2, 0.25) is 5.78 Å². The Balaban J connectivity index is 1.53. The average Bonchev–Trinajstić information content (AvgIpc) is 3.54. The van der Waals surface area contributed by atoms with Crippen LogP contribution in [0.25, 0.3) is 0 Å². The van der Waals surface area contributed by atoms with Crippen molar-refractivity contribution in [3.63, 3.8) is 0 Å². The predicted octanol–water partition coefficient (Wildman–Crippen LogP) is 4.67. The molecule has 0 unspecified atom stereocenters. The van der Waals surface area contributed by atoms with Crippen molar-refractivity contribution in [1.29, 1.82) is 0 Å². The van der Waals surface area contributed by atoms with E-state index in [1.54, 1.807) is 19.1 Å². The molecule has 3 saturated carbocycles. The Labute approximate surface area is 219 Å².